The standard InChI is InChI=1S/C15H16BrNO2/c1-3-17-15(18)10(2)19-14-7-5-11-8-13(16)6-4-12(11)9-14/h4-10H,3H2,1-2H3,(H,17,18)/t10-/m1/s1. The minimum atomic E-state index is -0.493. The van der Waals surface area contributed by atoms with E-state index in [-0.39, 0.29) is 5.91 Å². The van der Waals surface area contributed by atoms with Gasteiger partial charge in [-0.05, 0) is 48.9 Å². The summed E-state index contributed by atoms with van der Waals surface area (Å²) >= 11 is 3.44. The number of carbonyl (C=O) groups excluding carboxylic acids is 1. The Labute approximate surface area is 121 Å². The van der Waals surface area contributed by atoms with Gasteiger partial charge in [-0.2, -0.15) is 0 Å². The molecule has 0 radical (unpaired) electrons. The Morgan fingerprint density at radius 1 is 1.26 bits per heavy atom. The summed E-state index contributed by atoms with van der Waals surface area (Å²) < 4.78 is 6.69. The fourth-order valence-corrected chi connectivity index (χ4v) is 2.22. The second-order valence-electron chi connectivity index (χ2n) is 4.31. The molecule has 0 spiro atoms. The van der Waals surface area contributed by atoms with Crippen molar-refractivity contribution in [2.24, 2.45) is 0 Å². The van der Waals surface area contributed by atoms with Crippen molar-refractivity contribution in [3.05, 3.63) is 40.9 Å². The Balaban J connectivity index is 2.17. The van der Waals surface area contributed by atoms with Crippen molar-refractivity contribution < 1.29 is 9.53 Å². The largest absolute Gasteiger partial charge is 0.481 e. The van der Waals surface area contributed by atoms with Crippen molar-refractivity contribution in [1.29, 1.82) is 0 Å². The zero-order valence-electron chi connectivity index (χ0n) is 10.9. The fraction of sp³-hybridized carbons (Fsp3) is 0.267. The molecule has 0 saturated carbocycles. The highest BCUT2D eigenvalue weighted by molar-refractivity contribution is 9.10. The average molecular weight is 322 g/mol. The third-order valence-corrected chi connectivity index (χ3v) is 3.30. The van der Waals surface area contributed by atoms with Crippen LogP contribution >= 0.6 is 15.9 Å². The van der Waals surface area contributed by atoms with Gasteiger partial charge >= 0.3 is 0 Å². The van der Waals surface area contributed by atoms with Gasteiger partial charge in [0.1, 0.15) is 5.75 Å². The zero-order chi connectivity index (χ0) is 13.8. The first-order valence-electron chi connectivity index (χ1n) is 6.24. The monoisotopic (exact) mass is 321 g/mol. The number of ether oxygens (including phenoxy) is 1. The molecule has 0 aliphatic heterocycles. The molecule has 1 amide bonds. The molecule has 0 aliphatic rings. The first kappa shape index (κ1) is 13.9. The highest BCUT2D eigenvalue weighted by atomic mass is 79.9. The van der Waals surface area contributed by atoms with Crippen LogP contribution in [0.15, 0.2) is 40.9 Å². The van der Waals surface area contributed by atoms with Gasteiger partial charge in [-0.3, -0.25) is 4.79 Å². The van der Waals surface area contributed by atoms with Crippen LogP contribution in [0.5, 0.6) is 5.75 Å². The number of benzene rings is 2. The van der Waals surface area contributed by atoms with Crippen molar-refractivity contribution in [2.75, 3.05) is 6.54 Å². The minimum absolute atomic E-state index is 0.0987. The zero-order valence-corrected chi connectivity index (χ0v) is 12.5. The van der Waals surface area contributed by atoms with Crippen LogP contribution < -0.4 is 10.1 Å². The van der Waals surface area contributed by atoms with Gasteiger partial charge < -0.3 is 10.1 Å². The molecule has 0 aromatic heterocycles. The van der Waals surface area contributed by atoms with Crippen LogP contribution in [0.2, 0.25) is 0 Å². The predicted molar refractivity (Wildman–Crippen MR) is 80.4 cm³/mol. The maximum absolute atomic E-state index is 11.6. The fourth-order valence-electron chi connectivity index (χ4n) is 1.84. The quantitative estimate of drug-likeness (QED) is 0.935. The highest BCUT2D eigenvalue weighted by Gasteiger charge is 2.13. The van der Waals surface area contributed by atoms with Crippen LogP contribution in [-0.2, 0) is 4.79 Å². The summed E-state index contributed by atoms with van der Waals surface area (Å²) in [5.41, 5.74) is 0. The SMILES string of the molecule is CCNC(=O)[C@@H](C)Oc1ccc2cc(Br)ccc2c1. The lowest BCUT2D eigenvalue weighted by atomic mass is 10.1. The van der Waals surface area contributed by atoms with E-state index in [9.17, 15) is 4.79 Å². The minimum Gasteiger partial charge on any atom is -0.481 e. The molecule has 0 bridgehead atoms. The lowest BCUT2D eigenvalue weighted by Crippen LogP contribution is -2.36. The molecule has 0 heterocycles. The molecule has 3 nitrogen and oxygen atoms in total. The third-order valence-electron chi connectivity index (χ3n) is 2.81. The first-order valence-corrected chi connectivity index (χ1v) is 7.03. The van der Waals surface area contributed by atoms with Crippen LogP contribution in [-0.4, -0.2) is 18.6 Å². The van der Waals surface area contributed by atoms with Crippen LogP contribution in [0.1, 0.15) is 13.8 Å². The Morgan fingerprint density at radius 3 is 2.68 bits per heavy atom. The molecule has 19 heavy (non-hydrogen) atoms. The van der Waals surface area contributed by atoms with Gasteiger partial charge in [0.25, 0.3) is 5.91 Å². The van der Waals surface area contributed by atoms with E-state index in [1.54, 1.807) is 6.92 Å². The topological polar surface area (TPSA) is 38.3 Å². The average Bonchev–Trinajstić information content (AvgIpc) is 2.39. The first-order chi connectivity index (χ1) is 9.10. The van der Waals surface area contributed by atoms with Crippen molar-refractivity contribution >= 4 is 32.6 Å². The summed E-state index contributed by atoms with van der Waals surface area (Å²) in [6.45, 7) is 4.24. The molecule has 0 unspecified atom stereocenters. The van der Waals surface area contributed by atoms with Crippen molar-refractivity contribution in [3.8, 4) is 5.75 Å². The Hall–Kier alpha value is -1.55. The van der Waals surface area contributed by atoms with Crippen LogP contribution in [0, 0.1) is 0 Å². The number of nitrogens with one attached hydrogen (secondary N) is 1. The van der Waals surface area contributed by atoms with Gasteiger partial charge in [0.05, 0.1) is 0 Å². The molecule has 1 N–H and O–H groups in total. The maximum atomic E-state index is 11.6. The van der Waals surface area contributed by atoms with Crippen molar-refractivity contribution in [1.82, 2.24) is 5.32 Å². The summed E-state index contributed by atoms with van der Waals surface area (Å²) in [6.07, 6.45) is -0.493. The van der Waals surface area contributed by atoms with E-state index in [0.29, 0.717) is 12.3 Å². The summed E-state index contributed by atoms with van der Waals surface area (Å²) in [4.78, 5) is 11.6. The summed E-state index contributed by atoms with van der Waals surface area (Å²) in [5.74, 6) is 0.604. The molecular formula is C15H16BrNO2. The molecule has 2 rings (SSSR count). The molecule has 0 aliphatic carbocycles. The van der Waals surface area contributed by atoms with Crippen LogP contribution in [0.3, 0.4) is 0 Å². The van der Waals surface area contributed by atoms with E-state index in [0.717, 1.165) is 15.2 Å². The predicted octanol–water partition coefficient (Wildman–Crippen LogP) is 3.51. The molecule has 0 saturated heterocycles. The van der Waals surface area contributed by atoms with E-state index < -0.39 is 6.10 Å². The molecule has 4 heteroatoms. The second-order valence-corrected chi connectivity index (χ2v) is 5.22. The van der Waals surface area contributed by atoms with E-state index in [1.807, 2.05) is 43.3 Å². The Morgan fingerprint density at radius 2 is 1.95 bits per heavy atom. The summed E-state index contributed by atoms with van der Waals surface area (Å²) in [5, 5.41) is 4.96. The van der Waals surface area contributed by atoms with Crippen molar-refractivity contribution in [3.63, 3.8) is 0 Å². The van der Waals surface area contributed by atoms with Gasteiger partial charge in [0.2, 0.25) is 0 Å². The van der Waals surface area contributed by atoms with E-state index in [4.69, 9.17) is 4.74 Å². The maximum Gasteiger partial charge on any atom is 0.260 e. The highest BCUT2D eigenvalue weighted by Crippen LogP contribution is 2.24. The molecule has 1 atom stereocenters. The molecule has 100 valence electrons. The van der Waals surface area contributed by atoms with E-state index in [1.165, 1.54) is 0 Å². The van der Waals surface area contributed by atoms with Gasteiger partial charge in [-0.1, -0.05) is 28.1 Å². The Bertz CT molecular complexity index is 598. The summed E-state index contributed by atoms with van der Waals surface area (Å²) in [7, 11) is 0. The lowest BCUT2D eigenvalue weighted by molar-refractivity contribution is -0.127. The molecule has 2 aromatic rings. The van der Waals surface area contributed by atoms with Crippen LogP contribution in [0.4, 0.5) is 0 Å². The molecular weight excluding hydrogens is 306 g/mol. The van der Waals surface area contributed by atoms with Gasteiger partial charge in [0, 0.05) is 11.0 Å². The number of rotatable bonds is 4. The smallest absolute Gasteiger partial charge is 0.260 e. The van der Waals surface area contributed by atoms with Crippen molar-refractivity contribution in [2.45, 2.75) is 20.0 Å². The molecule has 0 fully saturated rings. The van der Waals surface area contributed by atoms with Gasteiger partial charge in [-0.25, -0.2) is 0 Å². The lowest BCUT2D eigenvalue weighted by Gasteiger charge is -2.14. The second kappa shape index (κ2) is 6.06. The Kier molecular flexibility index (Phi) is 4.43. The number of likely N-dealkylation sites (N-methyl/N-ethyl adjacent to an activating group) is 1. The summed E-state index contributed by atoms with van der Waals surface area (Å²) in [6, 6.07) is 11.9. The number of fused-ring (bicyclic) bond motifs is 1. The number of amides is 1. The number of hydrogen-bond donors (Lipinski definition) is 1. The van der Waals surface area contributed by atoms with E-state index >= 15 is 0 Å². The van der Waals surface area contributed by atoms with Gasteiger partial charge in [-0.15, -0.1) is 0 Å². The third kappa shape index (κ3) is 3.47. The normalized spacial score (nSPS) is 12.2. The van der Waals surface area contributed by atoms with E-state index in [2.05, 4.69) is 21.2 Å². The molecule has 2 aromatic carbocycles. The number of carbonyl (C=O) groups is 1. The number of halogens is 1. The van der Waals surface area contributed by atoms with Gasteiger partial charge in [0.15, 0.2) is 6.10 Å². The van der Waals surface area contributed by atoms with Crippen LogP contribution in [0.25, 0.3) is 10.8 Å². The number of hydrogen-bond acceptors (Lipinski definition) is 2.